The number of rotatable bonds is 1. The lowest BCUT2D eigenvalue weighted by atomic mass is 10.1. The highest BCUT2D eigenvalue weighted by atomic mass is 79.9. The van der Waals surface area contributed by atoms with Gasteiger partial charge in [-0.2, -0.15) is 0 Å². The van der Waals surface area contributed by atoms with Crippen LogP contribution in [0.25, 0.3) is 0 Å². The van der Waals surface area contributed by atoms with Gasteiger partial charge in [0.2, 0.25) is 0 Å². The number of hydrogen-bond donors (Lipinski definition) is 1. The van der Waals surface area contributed by atoms with Gasteiger partial charge >= 0.3 is 0 Å². The van der Waals surface area contributed by atoms with E-state index in [1.165, 1.54) is 15.6 Å². The Balaban J connectivity index is 2.98. The molecule has 1 aliphatic rings. The van der Waals surface area contributed by atoms with Gasteiger partial charge < -0.3 is 5.32 Å². The zero-order chi connectivity index (χ0) is 8.43. The second kappa shape index (κ2) is 3.63. The van der Waals surface area contributed by atoms with Gasteiger partial charge in [-0.3, -0.25) is 0 Å². The first-order valence-electron chi connectivity index (χ1n) is 3.52. The Labute approximate surface area is 80.6 Å². The zero-order valence-electron chi connectivity index (χ0n) is 6.67. The number of alkyl halides is 1. The normalized spacial score (nSPS) is 18.9. The molecule has 0 aromatic rings. The summed E-state index contributed by atoms with van der Waals surface area (Å²) in [5, 5.41) is 3.26. The molecule has 0 aromatic carbocycles. The Morgan fingerprint density at radius 1 is 1.55 bits per heavy atom. The van der Waals surface area contributed by atoms with Crippen LogP contribution in [-0.4, -0.2) is 12.4 Å². The average molecular weight is 237 g/mol. The standard InChI is InChI=1S/C8H11BrClN/c1-5-4-11-7(3-10)6(2)8(5)9/h11H,3-4H2,1-2H3. The van der Waals surface area contributed by atoms with Crippen molar-refractivity contribution < 1.29 is 0 Å². The summed E-state index contributed by atoms with van der Waals surface area (Å²) in [7, 11) is 0. The first kappa shape index (κ1) is 9.14. The van der Waals surface area contributed by atoms with Crippen LogP contribution in [-0.2, 0) is 0 Å². The van der Waals surface area contributed by atoms with Crippen LogP contribution in [0, 0.1) is 0 Å². The van der Waals surface area contributed by atoms with Crippen molar-refractivity contribution in [1.29, 1.82) is 0 Å². The molecule has 0 radical (unpaired) electrons. The predicted octanol–water partition coefficient (Wildman–Crippen LogP) is 2.77. The minimum Gasteiger partial charge on any atom is -0.383 e. The molecule has 1 rings (SSSR count). The van der Waals surface area contributed by atoms with Crippen molar-refractivity contribution in [3.63, 3.8) is 0 Å². The van der Waals surface area contributed by atoms with Gasteiger partial charge in [-0.1, -0.05) is 15.9 Å². The fraction of sp³-hybridized carbons (Fsp3) is 0.500. The maximum absolute atomic E-state index is 5.72. The molecular weight excluding hydrogens is 225 g/mol. The van der Waals surface area contributed by atoms with Crippen LogP contribution in [0.15, 0.2) is 21.3 Å². The van der Waals surface area contributed by atoms with E-state index in [4.69, 9.17) is 11.6 Å². The Bertz CT molecular complexity index is 230. The largest absolute Gasteiger partial charge is 0.383 e. The maximum atomic E-state index is 5.72. The predicted molar refractivity (Wildman–Crippen MR) is 53.0 cm³/mol. The number of hydrogen-bond acceptors (Lipinski definition) is 1. The van der Waals surface area contributed by atoms with E-state index in [-0.39, 0.29) is 0 Å². The second-order valence-electron chi connectivity index (χ2n) is 2.69. The molecule has 1 nitrogen and oxygen atoms in total. The molecule has 1 heterocycles. The molecule has 0 amide bonds. The van der Waals surface area contributed by atoms with Crippen LogP contribution in [0.3, 0.4) is 0 Å². The molecule has 1 aliphatic heterocycles. The van der Waals surface area contributed by atoms with E-state index < -0.39 is 0 Å². The molecule has 0 spiro atoms. The van der Waals surface area contributed by atoms with Gasteiger partial charge in [0.15, 0.2) is 0 Å². The third-order valence-electron chi connectivity index (χ3n) is 1.86. The third-order valence-corrected chi connectivity index (χ3v) is 3.40. The summed E-state index contributed by atoms with van der Waals surface area (Å²) in [5.74, 6) is 0.564. The summed E-state index contributed by atoms with van der Waals surface area (Å²) >= 11 is 9.25. The van der Waals surface area contributed by atoms with Gasteiger partial charge in [0.1, 0.15) is 0 Å². The lowest BCUT2D eigenvalue weighted by Gasteiger charge is -2.20. The topological polar surface area (TPSA) is 12.0 Å². The number of allylic oxidation sites excluding steroid dienone is 3. The summed E-state index contributed by atoms with van der Waals surface area (Å²) in [6.45, 7) is 5.07. The maximum Gasteiger partial charge on any atom is 0.0625 e. The molecule has 3 heteroatoms. The number of nitrogens with one attached hydrogen (secondary N) is 1. The van der Waals surface area contributed by atoms with Crippen LogP contribution < -0.4 is 5.32 Å². The van der Waals surface area contributed by atoms with Crippen LogP contribution in [0.1, 0.15) is 13.8 Å². The molecule has 62 valence electrons. The van der Waals surface area contributed by atoms with E-state index in [9.17, 15) is 0 Å². The van der Waals surface area contributed by atoms with E-state index in [1.807, 2.05) is 0 Å². The minimum absolute atomic E-state index is 0.564. The average Bonchev–Trinajstić information content (AvgIpc) is 2.01. The summed E-state index contributed by atoms with van der Waals surface area (Å²) < 4.78 is 1.20. The zero-order valence-corrected chi connectivity index (χ0v) is 9.01. The van der Waals surface area contributed by atoms with Gasteiger partial charge in [-0.05, 0) is 25.0 Å². The molecule has 0 atom stereocenters. The summed E-state index contributed by atoms with van der Waals surface area (Å²) in [5.41, 5.74) is 3.68. The molecule has 0 saturated carbocycles. The number of halogens is 2. The summed E-state index contributed by atoms with van der Waals surface area (Å²) in [6.07, 6.45) is 0. The van der Waals surface area contributed by atoms with Crippen LogP contribution in [0.5, 0.6) is 0 Å². The van der Waals surface area contributed by atoms with Gasteiger partial charge in [-0.25, -0.2) is 0 Å². The fourth-order valence-electron chi connectivity index (χ4n) is 1.05. The van der Waals surface area contributed by atoms with Gasteiger partial charge in [-0.15, -0.1) is 11.6 Å². The fourth-order valence-corrected chi connectivity index (χ4v) is 1.72. The number of dihydropyridines is 1. The van der Waals surface area contributed by atoms with E-state index in [0.29, 0.717) is 5.88 Å². The molecule has 0 bridgehead atoms. The molecular formula is C8H11BrClN. The van der Waals surface area contributed by atoms with Crippen LogP contribution in [0.4, 0.5) is 0 Å². The first-order chi connectivity index (χ1) is 5.16. The molecule has 0 fully saturated rings. The van der Waals surface area contributed by atoms with E-state index in [1.54, 1.807) is 0 Å². The third kappa shape index (κ3) is 1.79. The molecule has 0 saturated heterocycles. The Morgan fingerprint density at radius 3 is 2.73 bits per heavy atom. The Morgan fingerprint density at radius 2 is 2.18 bits per heavy atom. The monoisotopic (exact) mass is 235 g/mol. The van der Waals surface area contributed by atoms with Crippen molar-refractivity contribution in [2.45, 2.75) is 13.8 Å². The Kier molecular flexibility index (Phi) is 3.02. The minimum atomic E-state index is 0.564. The summed E-state index contributed by atoms with van der Waals surface area (Å²) in [6, 6.07) is 0. The molecule has 0 aliphatic carbocycles. The van der Waals surface area contributed by atoms with E-state index >= 15 is 0 Å². The highest BCUT2D eigenvalue weighted by molar-refractivity contribution is 9.12. The molecule has 0 aromatic heterocycles. The van der Waals surface area contributed by atoms with E-state index in [2.05, 4.69) is 35.1 Å². The van der Waals surface area contributed by atoms with Gasteiger partial charge in [0, 0.05) is 16.7 Å². The van der Waals surface area contributed by atoms with Gasteiger partial charge in [0.25, 0.3) is 0 Å². The smallest absolute Gasteiger partial charge is 0.0625 e. The van der Waals surface area contributed by atoms with Crippen molar-refractivity contribution in [1.82, 2.24) is 5.32 Å². The van der Waals surface area contributed by atoms with Crippen LogP contribution >= 0.6 is 27.5 Å². The van der Waals surface area contributed by atoms with E-state index in [0.717, 1.165) is 12.2 Å². The quantitative estimate of drug-likeness (QED) is 0.691. The molecule has 0 unspecified atom stereocenters. The second-order valence-corrected chi connectivity index (χ2v) is 3.75. The highest BCUT2D eigenvalue weighted by Crippen LogP contribution is 2.26. The SMILES string of the molecule is CC1=C(Br)C(C)=C(CCl)NC1. The van der Waals surface area contributed by atoms with Crippen molar-refractivity contribution in [2.24, 2.45) is 0 Å². The lowest BCUT2D eigenvalue weighted by Crippen LogP contribution is -2.22. The summed E-state index contributed by atoms with van der Waals surface area (Å²) in [4.78, 5) is 0. The first-order valence-corrected chi connectivity index (χ1v) is 4.84. The van der Waals surface area contributed by atoms with Crippen LogP contribution in [0.2, 0.25) is 0 Å². The lowest BCUT2D eigenvalue weighted by molar-refractivity contribution is 0.835. The van der Waals surface area contributed by atoms with Gasteiger partial charge in [0.05, 0.1) is 5.88 Å². The molecule has 11 heavy (non-hydrogen) atoms. The van der Waals surface area contributed by atoms with Crippen molar-refractivity contribution >= 4 is 27.5 Å². The highest BCUT2D eigenvalue weighted by Gasteiger charge is 2.12. The van der Waals surface area contributed by atoms with Crippen molar-refractivity contribution in [2.75, 3.05) is 12.4 Å². The van der Waals surface area contributed by atoms with Crippen molar-refractivity contribution in [3.8, 4) is 0 Å². The molecule has 1 N–H and O–H groups in total. The van der Waals surface area contributed by atoms with Crippen molar-refractivity contribution in [3.05, 3.63) is 21.3 Å². The Hall–Kier alpha value is 0.0500.